The summed E-state index contributed by atoms with van der Waals surface area (Å²) in [5, 5.41) is 19.2. The minimum Gasteiger partial charge on any atom is -0.508 e. The van der Waals surface area contributed by atoms with Crippen molar-refractivity contribution in [1.29, 1.82) is 0 Å². The summed E-state index contributed by atoms with van der Waals surface area (Å²) < 4.78 is 5.72. The molecule has 0 aromatic heterocycles. The number of hydrogen-bond donors (Lipinski definition) is 2. The summed E-state index contributed by atoms with van der Waals surface area (Å²) in [5.41, 5.74) is 2.35. The summed E-state index contributed by atoms with van der Waals surface area (Å²) in [7, 11) is 0. The summed E-state index contributed by atoms with van der Waals surface area (Å²) in [6, 6.07) is 9.58. The van der Waals surface area contributed by atoms with Gasteiger partial charge in [0.05, 0.1) is 0 Å². The van der Waals surface area contributed by atoms with Gasteiger partial charge in [-0.1, -0.05) is 12.1 Å². The van der Waals surface area contributed by atoms with Gasteiger partial charge in [-0.15, -0.1) is 0 Å². The maximum absolute atomic E-state index is 12.7. The van der Waals surface area contributed by atoms with Gasteiger partial charge in [0, 0.05) is 37.8 Å². The van der Waals surface area contributed by atoms with Gasteiger partial charge < -0.3 is 24.7 Å². The highest BCUT2D eigenvalue weighted by atomic mass is 16.5. The predicted octanol–water partition coefficient (Wildman–Crippen LogP) is 2.47. The van der Waals surface area contributed by atoms with Crippen LogP contribution in [0.2, 0.25) is 0 Å². The second-order valence-electron chi connectivity index (χ2n) is 7.25. The third-order valence-corrected chi connectivity index (χ3v) is 5.19. The summed E-state index contributed by atoms with van der Waals surface area (Å²) in [6.45, 7) is 5.75. The Kier molecular flexibility index (Phi) is 6.26. The molecular formula is C22H26N2O5. The average molecular weight is 398 g/mol. The van der Waals surface area contributed by atoms with E-state index in [4.69, 9.17) is 4.74 Å². The van der Waals surface area contributed by atoms with E-state index >= 15 is 0 Å². The molecule has 2 N–H and O–H groups in total. The van der Waals surface area contributed by atoms with Crippen molar-refractivity contribution in [3.05, 3.63) is 53.1 Å². The zero-order valence-corrected chi connectivity index (χ0v) is 16.7. The van der Waals surface area contributed by atoms with Crippen LogP contribution in [-0.4, -0.2) is 64.6 Å². The lowest BCUT2D eigenvalue weighted by Crippen LogP contribution is -2.39. The molecule has 1 aliphatic rings. The Hall–Kier alpha value is -3.22. The van der Waals surface area contributed by atoms with Gasteiger partial charge in [0.15, 0.2) is 6.61 Å². The Morgan fingerprint density at radius 3 is 2.34 bits per heavy atom. The average Bonchev–Trinajstić information content (AvgIpc) is 2.94. The Balaban J connectivity index is 1.58. The molecule has 2 amide bonds. The molecule has 2 aromatic carbocycles. The first-order valence-corrected chi connectivity index (χ1v) is 9.64. The van der Waals surface area contributed by atoms with Crippen molar-refractivity contribution < 1.29 is 24.5 Å². The number of phenols is 2. The topological polar surface area (TPSA) is 90.3 Å². The van der Waals surface area contributed by atoms with Crippen LogP contribution in [0.15, 0.2) is 36.4 Å². The molecule has 0 aliphatic carbocycles. The zero-order chi connectivity index (χ0) is 21.0. The van der Waals surface area contributed by atoms with Crippen molar-refractivity contribution >= 4 is 11.8 Å². The molecule has 7 heteroatoms. The molecule has 2 aromatic rings. The van der Waals surface area contributed by atoms with Crippen LogP contribution in [0.3, 0.4) is 0 Å². The Morgan fingerprint density at radius 1 is 0.966 bits per heavy atom. The van der Waals surface area contributed by atoms with E-state index in [1.54, 1.807) is 9.80 Å². The normalized spacial score (nSPS) is 14.4. The number of aryl methyl sites for hydroxylation is 1. The van der Waals surface area contributed by atoms with Crippen molar-refractivity contribution in [2.24, 2.45) is 0 Å². The molecule has 1 fully saturated rings. The molecule has 0 bridgehead atoms. The first-order valence-electron chi connectivity index (χ1n) is 9.64. The van der Waals surface area contributed by atoms with Gasteiger partial charge in [0.2, 0.25) is 0 Å². The van der Waals surface area contributed by atoms with Crippen LogP contribution in [0.1, 0.15) is 27.9 Å². The van der Waals surface area contributed by atoms with E-state index in [0.717, 1.165) is 11.1 Å². The first-order chi connectivity index (χ1) is 13.8. The van der Waals surface area contributed by atoms with E-state index < -0.39 is 0 Å². The first kappa shape index (κ1) is 20.5. The Morgan fingerprint density at radius 2 is 1.62 bits per heavy atom. The van der Waals surface area contributed by atoms with Crippen LogP contribution >= 0.6 is 0 Å². The van der Waals surface area contributed by atoms with E-state index in [9.17, 15) is 19.8 Å². The smallest absolute Gasteiger partial charge is 0.260 e. The fourth-order valence-electron chi connectivity index (χ4n) is 3.38. The van der Waals surface area contributed by atoms with E-state index in [2.05, 4.69) is 0 Å². The molecule has 0 saturated carbocycles. The number of phenolic OH excluding ortho intramolecular Hbond substituents is 2. The van der Waals surface area contributed by atoms with Gasteiger partial charge in [0.1, 0.15) is 17.2 Å². The van der Waals surface area contributed by atoms with Crippen molar-refractivity contribution in [3.63, 3.8) is 0 Å². The van der Waals surface area contributed by atoms with Gasteiger partial charge in [-0.25, -0.2) is 0 Å². The van der Waals surface area contributed by atoms with Crippen LogP contribution in [0, 0.1) is 13.8 Å². The van der Waals surface area contributed by atoms with Crippen LogP contribution < -0.4 is 4.74 Å². The number of benzene rings is 2. The summed E-state index contributed by atoms with van der Waals surface area (Å²) in [4.78, 5) is 28.6. The van der Waals surface area contributed by atoms with Gasteiger partial charge in [-0.2, -0.15) is 0 Å². The highest BCUT2D eigenvalue weighted by Crippen LogP contribution is 2.22. The Labute approximate surface area is 170 Å². The summed E-state index contributed by atoms with van der Waals surface area (Å²) in [6.07, 6.45) is 0.645. The number of ether oxygens (including phenoxy) is 1. The predicted molar refractivity (Wildman–Crippen MR) is 108 cm³/mol. The minimum absolute atomic E-state index is 0.0430. The molecule has 0 spiro atoms. The fraction of sp³-hybridized carbons (Fsp3) is 0.364. The summed E-state index contributed by atoms with van der Waals surface area (Å²) >= 11 is 0. The zero-order valence-electron chi connectivity index (χ0n) is 16.7. The number of nitrogens with zero attached hydrogens (tertiary/aromatic N) is 2. The van der Waals surface area contributed by atoms with Crippen LogP contribution in [0.4, 0.5) is 0 Å². The third-order valence-electron chi connectivity index (χ3n) is 5.19. The minimum atomic E-state index is -0.280. The number of rotatable bonds is 4. The maximum atomic E-state index is 12.7. The largest absolute Gasteiger partial charge is 0.508 e. The molecule has 0 atom stereocenters. The van der Waals surface area contributed by atoms with E-state index in [1.165, 1.54) is 18.2 Å². The highest BCUT2D eigenvalue weighted by molar-refractivity contribution is 5.95. The molecule has 0 unspecified atom stereocenters. The maximum Gasteiger partial charge on any atom is 0.260 e. The van der Waals surface area contributed by atoms with Gasteiger partial charge in [-0.3, -0.25) is 9.59 Å². The number of carbonyl (C=O) groups is 2. The standard InChI is InChI=1S/C22H26N2O5/c1-15-5-3-6-20(16(15)2)29-14-21(27)23-7-4-8-24(10-9-23)22(28)17-11-18(25)13-19(26)12-17/h3,5-6,11-13,25-26H,4,7-10,14H2,1-2H3. The van der Waals surface area contributed by atoms with Gasteiger partial charge >= 0.3 is 0 Å². The molecular weight excluding hydrogens is 372 g/mol. The molecule has 3 rings (SSSR count). The lowest BCUT2D eigenvalue weighted by atomic mass is 10.1. The number of amides is 2. The lowest BCUT2D eigenvalue weighted by molar-refractivity contribution is -0.133. The second kappa shape index (κ2) is 8.86. The molecule has 0 radical (unpaired) electrons. The van der Waals surface area contributed by atoms with Crippen LogP contribution in [-0.2, 0) is 4.79 Å². The fourth-order valence-corrected chi connectivity index (χ4v) is 3.38. The van der Waals surface area contributed by atoms with Crippen molar-refractivity contribution in [1.82, 2.24) is 9.80 Å². The van der Waals surface area contributed by atoms with Crippen LogP contribution in [0.5, 0.6) is 17.2 Å². The third kappa shape index (κ3) is 4.99. The van der Waals surface area contributed by atoms with Gasteiger partial charge in [-0.05, 0) is 49.6 Å². The molecule has 154 valence electrons. The number of aromatic hydroxyl groups is 2. The van der Waals surface area contributed by atoms with E-state index in [1.807, 2.05) is 32.0 Å². The molecule has 1 heterocycles. The molecule has 29 heavy (non-hydrogen) atoms. The highest BCUT2D eigenvalue weighted by Gasteiger charge is 2.23. The monoisotopic (exact) mass is 398 g/mol. The lowest BCUT2D eigenvalue weighted by Gasteiger charge is -2.22. The van der Waals surface area contributed by atoms with Crippen LogP contribution in [0.25, 0.3) is 0 Å². The quantitative estimate of drug-likeness (QED) is 0.826. The Bertz CT molecular complexity index is 892. The van der Waals surface area contributed by atoms with Crippen molar-refractivity contribution in [2.75, 3.05) is 32.8 Å². The van der Waals surface area contributed by atoms with E-state index in [-0.39, 0.29) is 35.5 Å². The molecule has 1 aliphatic heterocycles. The van der Waals surface area contributed by atoms with Crippen molar-refractivity contribution in [2.45, 2.75) is 20.3 Å². The van der Waals surface area contributed by atoms with Crippen molar-refractivity contribution in [3.8, 4) is 17.2 Å². The number of hydrogen-bond acceptors (Lipinski definition) is 5. The van der Waals surface area contributed by atoms with Gasteiger partial charge in [0.25, 0.3) is 11.8 Å². The SMILES string of the molecule is Cc1cccc(OCC(=O)N2CCCN(C(=O)c3cc(O)cc(O)c3)CC2)c1C. The molecule has 7 nitrogen and oxygen atoms in total. The second-order valence-corrected chi connectivity index (χ2v) is 7.25. The summed E-state index contributed by atoms with van der Waals surface area (Å²) in [5.74, 6) is -0.0202. The molecule has 1 saturated heterocycles. The van der Waals surface area contributed by atoms with E-state index in [0.29, 0.717) is 38.3 Å². The number of carbonyl (C=O) groups excluding carboxylic acids is 2.